The first-order valence-corrected chi connectivity index (χ1v) is 8.45. The monoisotopic (exact) mass is 317 g/mol. The smallest absolute Gasteiger partial charge is 0.264 e. The van der Waals surface area contributed by atoms with Gasteiger partial charge in [-0.15, -0.1) is 0 Å². The molecule has 1 heterocycles. The standard InChI is InChI=1S/C17H19NO3S/c1-14-8-10-17(11-9-14)22(19,20)21-15(2)5-3-6-16-7-4-12-18-13-16/h3-4,6-13,15H,5H2,1-2H3/b6-3+. The molecule has 1 atom stereocenters. The van der Waals surface area contributed by atoms with Gasteiger partial charge in [-0.25, -0.2) is 0 Å². The van der Waals surface area contributed by atoms with Crippen LogP contribution in [0.5, 0.6) is 0 Å². The molecule has 0 amide bonds. The van der Waals surface area contributed by atoms with E-state index in [4.69, 9.17) is 4.18 Å². The molecule has 0 spiro atoms. The third-order valence-electron chi connectivity index (χ3n) is 3.06. The second-order valence-corrected chi connectivity index (χ2v) is 6.67. The summed E-state index contributed by atoms with van der Waals surface area (Å²) in [5, 5.41) is 0. The Hall–Kier alpha value is -1.98. The molecule has 0 saturated carbocycles. The third kappa shape index (κ3) is 4.79. The van der Waals surface area contributed by atoms with Gasteiger partial charge in [-0.2, -0.15) is 8.42 Å². The lowest BCUT2D eigenvalue weighted by atomic mass is 10.2. The summed E-state index contributed by atoms with van der Waals surface area (Å²) in [6, 6.07) is 10.4. The van der Waals surface area contributed by atoms with Crippen LogP contribution in [0.3, 0.4) is 0 Å². The van der Waals surface area contributed by atoms with E-state index in [2.05, 4.69) is 4.98 Å². The van der Waals surface area contributed by atoms with Crippen LogP contribution in [-0.4, -0.2) is 19.5 Å². The summed E-state index contributed by atoms with van der Waals surface area (Å²) in [5.41, 5.74) is 1.97. The zero-order valence-corrected chi connectivity index (χ0v) is 13.5. The van der Waals surface area contributed by atoms with Crippen LogP contribution >= 0.6 is 0 Å². The molecule has 0 bridgehead atoms. The minimum absolute atomic E-state index is 0.182. The summed E-state index contributed by atoms with van der Waals surface area (Å²) >= 11 is 0. The molecule has 0 fully saturated rings. The molecule has 2 aromatic rings. The van der Waals surface area contributed by atoms with Gasteiger partial charge in [-0.1, -0.05) is 35.9 Å². The van der Waals surface area contributed by atoms with Gasteiger partial charge in [-0.3, -0.25) is 9.17 Å². The number of aryl methyl sites for hydroxylation is 1. The minimum Gasteiger partial charge on any atom is -0.264 e. The number of benzene rings is 1. The first-order chi connectivity index (χ1) is 10.5. The summed E-state index contributed by atoms with van der Waals surface area (Å²) in [5.74, 6) is 0. The van der Waals surface area contributed by atoms with Crippen molar-refractivity contribution in [1.82, 2.24) is 4.98 Å². The second-order valence-electron chi connectivity index (χ2n) is 5.10. The number of rotatable bonds is 6. The first-order valence-electron chi connectivity index (χ1n) is 7.04. The van der Waals surface area contributed by atoms with Gasteiger partial charge in [-0.05, 0) is 44.0 Å². The normalized spacial score (nSPS) is 13.4. The summed E-state index contributed by atoms with van der Waals surface area (Å²) in [4.78, 5) is 4.19. The van der Waals surface area contributed by atoms with E-state index in [-0.39, 0.29) is 4.90 Å². The fourth-order valence-corrected chi connectivity index (χ4v) is 2.98. The average molecular weight is 317 g/mol. The van der Waals surface area contributed by atoms with Crippen molar-refractivity contribution in [2.24, 2.45) is 0 Å². The van der Waals surface area contributed by atoms with Crippen molar-refractivity contribution in [3.05, 3.63) is 66.0 Å². The predicted molar refractivity (Wildman–Crippen MR) is 86.8 cm³/mol. The highest BCUT2D eigenvalue weighted by atomic mass is 32.2. The van der Waals surface area contributed by atoms with Crippen molar-refractivity contribution in [2.75, 3.05) is 0 Å². The molecular weight excluding hydrogens is 298 g/mol. The van der Waals surface area contributed by atoms with Gasteiger partial charge in [0.05, 0.1) is 11.0 Å². The predicted octanol–water partition coefficient (Wildman–Crippen LogP) is 3.59. The Morgan fingerprint density at radius 3 is 2.59 bits per heavy atom. The maximum absolute atomic E-state index is 12.1. The zero-order valence-electron chi connectivity index (χ0n) is 12.6. The van der Waals surface area contributed by atoms with Crippen molar-refractivity contribution < 1.29 is 12.6 Å². The molecule has 1 unspecified atom stereocenters. The van der Waals surface area contributed by atoms with Crippen LogP contribution in [0.15, 0.2) is 59.8 Å². The van der Waals surface area contributed by atoms with E-state index in [9.17, 15) is 8.42 Å². The molecule has 0 aliphatic carbocycles. The van der Waals surface area contributed by atoms with Gasteiger partial charge >= 0.3 is 0 Å². The fraction of sp³-hybridized carbons (Fsp3) is 0.235. The van der Waals surface area contributed by atoms with Gasteiger partial charge in [0.2, 0.25) is 0 Å². The van der Waals surface area contributed by atoms with Crippen LogP contribution in [0.25, 0.3) is 6.08 Å². The molecule has 0 N–H and O–H groups in total. The van der Waals surface area contributed by atoms with Gasteiger partial charge in [0.1, 0.15) is 0 Å². The Morgan fingerprint density at radius 1 is 1.23 bits per heavy atom. The molecule has 2 rings (SSSR count). The van der Waals surface area contributed by atoms with E-state index in [0.29, 0.717) is 6.42 Å². The first kappa shape index (κ1) is 16.4. The summed E-state index contributed by atoms with van der Waals surface area (Å²) in [6.07, 6.45) is 7.29. The number of hydrogen-bond acceptors (Lipinski definition) is 4. The van der Waals surface area contributed by atoms with E-state index >= 15 is 0 Å². The van der Waals surface area contributed by atoms with Crippen molar-refractivity contribution in [3.63, 3.8) is 0 Å². The fourth-order valence-electron chi connectivity index (χ4n) is 1.89. The van der Waals surface area contributed by atoms with Crippen molar-refractivity contribution in [1.29, 1.82) is 0 Å². The Bertz CT molecular complexity index is 722. The quantitative estimate of drug-likeness (QED) is 0.764. The SMILES string of the molecule is Cc1ccc(S(=O)(=O)OC(C)C/C=C/c2cccnc2)cc1. The molecule has 5 heteroatoms. The minimum atomic E-state index is -3.72. The third-order valence-corrected chi connectivity index (χ3v) is 4.49. The Balaban J connectivity index is 1.95. The molecule has 22 heavy (non-hydrogen) atoms. The van der Waals surface area contributed by atoms with Gasteiger partial charge < -0.3 is 0 Å². The molecule has 1 aromatic heterocycles. The highest BCUT2D eigenvalue weighted by molar-refractivity contribution is 7.86. The average Bonchev–Trinajstić information content (AvgIpc) is 2.48. The van der Waals surface area contributed by atoms with E-state index in [1.54, 1.807) is 43.6 Å². The zero-order chi connectivity index (χ0) is 16.0. The highest BCUT2D eigenvalue weighted by Crippen LogP contribution is 2.16. The number of hydrogen-bond donors (Lipinski definition) is 0. The highest BCUT2D eigenvalue weighted by Gasteiger charge is 2.18. The molecule has 0 aliphatic heterocycles. The lowest BCUT2D eigenvalue weighted by Gasteiger charge is -2.11. The summed E-state index contributed by atoms with van der Waals surface area (Å²) < 4.78 is 29.5. The molecule has 1 aromatic carbocycles. The molecule has 116 valence electrons. The van der Waals surface area contributed by atoms with Crippen LogP contribution < -0.4 is 0 Å². The van der Waals surface area contributed by atoms with Crippen LogP contribution in [0.2, 0.25) is 0 Å². The van der Waals surface area contributed by atoms with E-state index in [1.165, 1.54) is 0 Å². The summed E-state index contributed by atoms with van der Waals surface area (Å²) in [6.45, 7) is 3.64. The maximum atomic E-state index is 12.1. The van der Waals surface area contributed by atoms with Crippen molar-refractivity contribution >= 4 is 16.2 Å². The van der Waals surface area contributed by atoms with Crippen molar-refractivity contribution in [3.8, 4) is 0 Å². The molecule has 0 saturated heterocycles. The lowest BCUT2D eigenvalue weighted by Crippen LogP contribution is -2.15. The molecule has 0 aliphatic rings. The van der Waals surface area contributed by atoms with E-state index < -0.39 is 16.2 Å². The van der Waals surface area contributed by atoms with Gasteiger partial charge in [0, 0.05) is 12.4 Å². The van der Waals surface area contributed by atoms with Crippen LogP contribution in [-0.2, 0) is 14.3 Å². The van der Waals surface area contributed by atoms with Crippen LogP contribution in [0.4, 0.5) is 0 Å². The second kappa shape index (κ2) is 7.33. The van der Waals surface area contributed by atoms with Crippen molar-refractivity contribution in [2.45, 2.75) is 31.3 Å². The maximum Gasteiger partial charge on any atom is 0.297 e. The van der Waals surface area contributed by atoms with Crippen LogP contribution in [0, 0.1) is 6.92 Å². The molecular formula is C17H19NO3S. The van der Waals surface area contributed by atoms with Gasteiger partial charge in [0.25, 0.3) is 10.1 Å². The number of nitrogens with zero attached hydrogens (tertiary/aromatic N) is 1. The molecule has 4 nitrogen and oxygen atoms in total. The van der Waals surface area contributed by atoms with Gasteiger partial charge in [0.15, 0.2) is 0 Å². The number of pyridine rings is 1. The Labute approximate surface area is 131 Å². The Morgan fingerprint density at radius 2 is 1.95 bits per heavy atom. The largest absolute Gasteiger partial charge is 0.297 e. The Kier molecular flexibility index (Phi) is 5.46. The lowest BCUT2D eigenvalue weighted by molar-refractivity contribution is 0.232. The molecule has 0 radical (unpaired) electrons. The summed E-state index contributed by atoms with van der Waals surface area (Å²) in [7, 11) is -3.72. The van der Waals surface area contributed by atoms with Crippen LogP contribution in [0.1, 0.15) is 24.5 Å². The topological polar surface area (TPSA) is 56.3 Å². The number of aromatic nitrogens is 1. The van der Waals surface area contributed by atoms with E-state index in [0.717, 1.165) is 11.1 Å². The van der Waals surface area contributed by atoms with E-state index in [1.807, 2.05) is 31.2 Å².